The fraction of sp³-hybridized carbons (Fsp3) is 0.474. The highest BCUT2D eigenvalue weighted by atomic mass is 16.5. The van der Waals surface area contributed by atoms with E-state index in [4.69, 9.17) is 14.2 Å². The van der Waals surface area contributed by atoms with E-state index in [2.05, 4.69) is 13.8 Å². The van der Waals surface area contributed by atoms with E-state index in [1.165, 1.54) is 64.2 Å². The minimum absolute atomic E-state index is 0.125. The monoisotopic (exact) mass is 586 g/mol. The molecule has 0 aliphatic heterocycles. The summed E-state index contributed by atoms with van der Waals surface area (Å²) in [5.41, 5.74) is 2.95. The molecule has 0 N–H and O–H groups in total. The van der Waals surface area contributed by atoms with Crippen LogP contribution >= 0.6 is 0 Å². The van der Waals surface area contributed by atoms with E-state index in [0.29, 0.717) is 16.9 Å². The first kappa shape index (κ1) is 33.9. The predicted octanol–water partition coefficient (Wildman–Crippen LogP) is 10.6. The average molecular weight is 587 g/mol. The van der Waals surface area contributed by atoms with Crippen LogP contribution in [0.1, 0.15) is 125 Å². The minimum Gasteiger partial charge on any atom is -0.494 e. The van der Waals surface area contributed by atoms with E-state index in [-0.39, 0.29) is 12.1 Å². The van der Waals surface area contributed by atoms with Crippen LogP contribution in [0, 0.1) is 0 Å². The SMILES string of the molecule is CCCCCCCCOc1ccc(-c2ccc(C(=O)Oc3ccc(C(=O)OC(C)CCCCCCCC)cc3)cc2)cc1. The van der Waals surface area contributed by atoms with Crippen LogP contribution < -0.4 is 9.47 Å². The lowest BCUT2D eigenvalue weighted by atomic mass is 10.0. The fourth-order valence-corrected chi connectivity index (χ4v) is 4.96. The van der Waals surface area contributed by atoms with Crippen molar-refractivity contribution in [1.29, 1.82) is 0 Å². The van der Waals surface area contributed by atoms with E-state index in [9.17, 15) is 9.59 Å². The van der Waals surface area contributed by atoms with E-state index in [0.717, 1.165) is 42.7 Å². The van der Waals surface area contributed by atoms with E-state index in [1.54, 1.807) is 36.4 Å². The first-order valence-corrected chi connectivity index (χ1v) is 16.4. The Morgan fingerprint density at radius 3 is 1.63 bits per heavy atom. The molecule has 0 aromatic heterocycles. The number of unbranched alkanes of at least 4 members (excludes halogenated alkanes) is 10. The number of hydrogen-bond acceptors (Lipinski definition) is 5. The normalized spacial score (nSPS) is 11.6. The summed E-state index contributed by atoms with van der Waals surface area (Å²) in [4.78, 5) is 25.2. The maximum atomic E-state index is 12.7. The van der Waals surface area contributed by atoms with E-state index >= 15 is 0 Å². The molecule has 3 aromatic rings. The maximum Gasteiger partial charge on any atom is 0.343 e. The predicted molar refractivity (Wildman–Crippen MR) is 175 cm³/mol. The molecule has 0 aliphatic carbocycles. The van der Waals surface area contributed by atoms with Gasteiger partial charge < -0.3 is 14.2 Å². The zero-order valence-corrected chi connectivity index (χ0v) is 26.4. The topological polar surface area (TPSA) is 61.8 Å². The summed E-state index contributed by atoms with van der Waals surface area (Å²) in [5.74, 6) is 0.444. The summed E-state index contributed by atoms with van der Waals surface area (Å²) in [5, 5.41) is 0. The molecule has 0 saturated carbocycles. The molecule has 1 atom stereocenters. The molecule has 3 rings (SSSR count). The molecular formula is C38H50O5. The van der Waals surface area contributed by atoms with Gasteiger partial charge in [0, 0.05) is 0 Å². The quantitative estimate of drug-likeness (QED) is 0.0748. The smallest absolute Gasteiger partial charge is 0.343 e. The average Bonchev–Trinajstić information content (AvgIpc) is 3.03. The highest BCUT2D eigenvalue weighted by Gasteiger charge is 2.14. The Morgan fingerprint density at radius 2 is 1.02 bits per heavy atom. The molecule has 5 nitrogen and oxygen atoms in total. The largest absolute Gasteiger partial charge is 0.494 e. The highest BCUT2D eigenvalue weighted by molar-refractivity contribution is 5.92. The van der Waals surface area contributed by atoms with Gasteiger partial charge in [-0.2, -0.15) is 0 Å². The van der Waals surface area contributed by atoms with Crippen molar-refractivity contribution in [2.24, 2.45) is 0 Å². The van der Waals surface area contributed by atoms with Gasteiger partial charge in [0.15, 0.2) is 0 Å². The molecule has 0 saturated heterocycles. The van der Waals surface area contributed by atoms with Crippen LogP contribution in [-0.4, -0.2) is 24.6 Å². The van der Waals surface area contributed by atoms with Gasteiger partial charge in [0.1, 0.15) is 11.5 Å². The number of ether oxygens (including phenoxy) is 3. The Balaban J connectivity index is 1.41. The molecule has 0 spiro atoms. The molecule has 0 radical (unpaired) electrons. The first-order valence-electron chi connectivity index (χ1n) is 16.4. The maximum absolute atomic E-state index is 12.7. The Bertz CT molecular complexity index is 1200. The van der Waals surface area contributed by atoms with E-state index in [1.807, 2.05) is 43.3 Å². The summed E-state index contributed by atoms with van der Waals surface area (Å²) < 4.78 is 17.0. The summed E-state index contributed by atoms with van der Waals surface area (Å²) in [6, 6.07) is 21.9. The van der Waals surface area contributed by atoms with Crippen molar-refractivity contribution in [3.05, 3.63) is 83.9 Å². The summed E-state index contributed by atoms with van der Waals surface area (Å²) in [6.07, 6.45) is 15.5. The van der Waals surface area contributed by atoms with Crippen molar-refractivity contribution in [2.45, 2.75) is 110 Å². The minimum atomic E-state index is -0.451. The lowest BCUT2D eigenvalue weighted by molar-refractivity contribution is 0.0319. The van der Waals surface area contributed by atoms with Crippen LogP contribution in [0.15, 0.2) is 72.8 Å². The van der Waals surface area contributed by atoms with Crippen LogP contribution in [0.2, 0.25) is 0 Å². The van der Waals surface area contributed by atoms with Gasteiger partial charge in [-0.05, 0) is 85.8 Å². The van der Waals surface area contributed by atoms with Crippen LogP contribution in [0.3, 0.4) is 0 Å². The third kappa shape index (κ3) is 12.7. The third-order valence-corrected chi connectivity index (χ3v) is 7.65. The van der Waals surface area contributed by atoms with Gasteiger partial charge in [-0.3, -0.25) is 0 Å². The molecule has 43 heavy (non-hydrogen) atoms. The van der Waals surface area contributed by atoms with Crippen molar-refractivity contribution in [3.63, 3.8) is 0 Å². The molecule has 1 unspecified atom stereocenters. The van der Waals surface area contributed by atoms with Gasteiger partial charge in [0.25, 0.3) is 0 Å². The Kier molecular flexibility index (Phi) is 15.4. The second kappa shape index (κ2) is 19.6. The van der Waals surface area contributed by atoms with Crippen LogP contribution in [0.5, 0.6) is 11.5 Å². The summed E-state index contributed by atoms with van der Waals surface area (Å²) in [6.45, 7) is 7.13. The zero-order valence-electron chi connectivity index (χ0n) is 26.4. The number of rotatable bonds is 20. The molecule has 232 valence electrons. The van der Waals surface area contributed by atoms with Crippen molar-refractivity contribution >= 4 is 11.9 Å². The van der Waals surface area contributed by atoms with Gasteiger partial charge in [-0.25, -0.2) is 9.59 Å². The molecule has 5 heteroatoms. The molecule has 0 heterocycles. The number of hydrogen-bond donors (Lipinski definition) is 0. The van der Waals surface area contributed by atoms with Crippen LogP contribution in [-0.2, 0) is 4.74 Å². The van der Waals surface area contributed by atoms with Crippen LogP contribution in [0.4, 0.5) is 0 Å². The summed E-state index contributed by atoms with van der Waals surface area (Å²) >= 11 is 0. The number of carbonyl (C=O) groups excluding carboxylic acids is 2. The second-order valence-corrected chi connectivity index (χ2v) is 11.4. The Labute approximate surface area is 259 Å². The third-order valence-electron chi connectivity index (χ3n) is 7.65. The molecule has 3 aromatic carbocycles. The van der Waals surface area contributed by atoms with Gasteiger partial charge in [0.05, 0.1) is 23.8 Å². The summed E-state index contributed by atoms with van der Waals surface area (Å²) in [7, 11) is 0. The van der Waals surface area contributed by atoms with Gasteiger partial charge in [-0.15, -0.1) is 0 Å². The zero-order chi connectivity index (χ0) is 30.7. The second-order valence-electron chi connectivity index (χ2n) is 11.4. The Hall–Kier alpha value is -3.60. The molecular weight excluding hydrogens is 536 g/mol. The van der Waals surface area contributed by atoms with Gasteiger partial charge in [-0.1, -0.05) is 102 Å². The molecule has 0 aliphatic rings. The molecule has 0 amide bonds. The Morgan fingerprint density at radius 1 is 0.558 bits per heavy atom. The lowest BCUT2D eigenvalue weighted by Gasteiger charge is -2.13. The van der Waals surface area contributed by atoms with Crippen molar-refractivity contribution in [1.82, 2.24) is 0 Å². The van der Waals surface area contributed by atoms with Crippen molar-refractivity contribution in [2.75, 3.05) is 6.61 Å². The first-order chi connectivity index (χ1) is 21.0. The van der Waals surface area contributed by atoms with E-state index < -0.39 is 5.97 Å². The van der Waals surface area contributed by atoms with Crippen LogP contribution in [0.25, 0.3) is 11.1 Å². The van der Waals surface area contributed by atoms with Crippen molar-refractivity contribution in [3.8, 4) is 22.6 Å². The van der Waals surface area contributed by atoms with Gasteiger partial charge in [0.2, 0.25) is 0 Å². The molecule has 0 fully saturated rings. The van der Waals surface area contributed by atoms with Crippen molar-refractivity contribution < 1.29 is 23.8 Å². The molecule has 0 bridgehead atoms. The lowest BCUT2D eigenvalue weighted by Crippen LogP contribution is -2.15. The number of carbonyl (C=O) groups is 2. The number of benzene rings is 3. The highest BCUT2D eigenvalue weighted by Crippen LogP contribution is 2.24. The van der Waals surface area contributed by atoms with Gasteiger partial charge >= 0.3 is 11.9 Å². The number of esters is 2. The fourth-order valence-electron chi connectivity index (χ4n) is 4.96. The standard InChI is InChI=1S/C38H50O5/c1-4-6-8-10-12-14-16-30(3)42-37(39)34-23-27-36(28-24-34)43-38(40)33-19-17-31(18-20-33)32-21-25-35(26-22-32)41-29-15-13-11-9-7-5-2/h17-28,30H,4-16,29H2,1-3H3.